The Bertz CT molecular complexity index is 544. The largest absolute Gasteiger partial charge is 0.300 e. The van der Waals surface area contributed by atoms with E-state index in [1.165, 1.54) is 5.56 Å². The minimum atomic E-state index is -2.86. The summed E-state index contributed by atoms with van der Waals surface area (Å²) in [6, 6.07) is 7.88. The first-order valence-electron chi connectivity index (χ1n) is 6.58. The van der Waals surface area contributed by atoms with E-state index >= 15 is 0 Å². The molecule has 0 N–H and O–H groups in total. The highest BCUT2D eigenvalue weighted by molar-refractivity contribution is 7.92. The van der Waals surface area contributed by atoms with E-state index in [2.05, 4.69) is 17.9 Å². The van der Waals surface area contributed by atoms with Crippen molar-refractivity contribution in [3.8, 4) is 0 Å². The Balaban J connectivity index is 1.99. The maximum atomic E-state index is 11.7. The normalized spacial score (nSPS) is 25.1. The van der Waals surface area contributed by atoms with E-state index < -0.39 is 9.84 Å². The molecule has 0 spiro atoms. The average molecular weight is 302 g/mol. The predicted octanol–water partition coefficient (Wildman–Crippen LogP) is 2.56. The van der Waals surface area contributed by atoms with Gasteiger partial charge in [-0.3, -0.25) is 0 Å². The lowest BCUT2D eigenvalue weighted by Gasteiger charge is -2.32. The van der Waals surface area contributed by atoms with Crippen LogP contribution in [0.1, 0.15) is 25.3 Å². The Hall–Kier alpha value is -0.580. The standard InChI is InChI=1S/C14H20ClNO2S/c1-11(13-4-3-5-14(15)8-13)9-16-6-7-19(17,18)12(2)10-16/h3-5,8,11-12H,6-7,9-10H2,1-2H3/t11-,12-/m0/s1. The van der Waals surface area contributed by atoms with Crippen LogP contribution < -0.4 is 0 Å². The second-order valence-corrected chi connectivity index (χ2v) is 8.37. The van der Waals surface area contributed by atoms with Crippen molar-refractivity contribution in [2.45, 2.75) is 25.0 Å². The maximum Gasteiger partial charge on any atom is 0.155 e. The van der Waals surface area contributed by atoms with Gasteiger partial charge >= 0.3 is 0 Å². The van der Waals surface area contributed by atoms with Gasteiger partial charge < -0.3 is 4.90 Å². The van der Waals surface area contributed by atoms with Crippen molar-refractivity contribution in [3.05, 3.63) is 34.9 Å². The van der Waals surface area contributed by atoms with Gasteiger partial charge in [0.05, 0.1) is 11.0 Å². The van der Waals surface area contributed by atoms with E-state index in [1.54, 1.807) is 6.92 Å². The van der Waals surface area contributed by atoms with Crippen molar-refractivity contribution >= 4 is 21.4 Å². The third kappa shape index (κ3) is 3.71. The fourth-order valence-electron chi connectivity index (χ4n) is 2.50. The molecule has 0 saturated carbocycles. The molecule has 1 aromatic carbocycles. The maximum absolute atomic E-state index is 11.7. The van der Waals surface area contributed by atoms with Crippen LogP contribution in [0.2, 0.25) is 5.02 Å². The van der Waals surface area contributed by atoms with Gasteiger partial charge in [0.1, 0.15) is 0 Å². The van der Waals surface area contributed by atoms with E-state index in [9.17, 15) is 8.42 Å². The average Bonchev–Trinajstić information content (AvgIpc) is 2.34. The minimum absolute atomic E-state index is 0.257. The molecule has 5 heteroatoms. The molecule has 0 radical (unpaired) electrons. The second-order valence-electron chi connectivity index (χ2n) is 5.39. The van der Waals surface area contributed by atoms with Crippen molar-refractivity contribution in [1.82, 2.24) is 4.90 Å². The van der Waals surface area contributed by atoms with Crippen LogP contribution in [0.25, 0.3) is 0 Å². The molecule has 0 unspecified atom stereocenters. The molecular weight excluding hydrogens is 282 g/mol. The van der Waals surface area contributed by atoms with Gasteiger partial charge in [-0.15, -0.1) is 0 Å². The number of sulfone groups is 1. The SMILES string of the molecule is C[C@@H](CN1CCS(=O)(=O)[C@@H](C)C1)c1cccc(Cl)c1. The quantitative estimate of drug-likeness (QED) is 0.861. The number of hydrogen-bond donors (Lipinski definition) is 0. The van der Waals surface area contributed by atoms with Gasteiger partial charge in [0, 0.05) is 24.7 Å². The summed E-state index contributed by atoms with van der Waals surface area (Å²) in [5, 5.41) is 0.492. The molecule has 0 aliphatic carbocycles. The lowest BCUT2D eigenvalue weighted by Crippen LogP contribution is -2.46. The number of nitrogens with zero attached hydrogens (tertiary/aromatic N) is 1. The fourth-order valence-corrected chi connectivity index (χ4v) is 4.05. The third-order valence-electron chi connectivity index (χ3n) is 3.77. The van der Waals surface area contributed by atoms with Gasteiger partial charge in [0.2, 0.25) is 0 Å². The van der Waals surface area contributed by atoms with Crippen molar-refractivity contribution in [1.29, 1.82) is 0 Å². The van der Waals surface area contributed by atoms with Crippen LogP contribution >= 0.6 is 11.6 Å². The number of hydrogen-bond acceptors (Lipinski definition) is 3. The molecule has 2 rings (SSSR count). The van der Waals surface area contributed by atoms with Gasteiger partial charge in [0.15, 0.2) is 9.84 Å². The summed E-state index contributed by atoms with van der Waals surface area (Å²) in [7, 11) is -2.86. The van der Waals surface area contributed by atoms with Crippen LogP contribution in [-0.2, 0) is 9.84 Å². The molecule has 1 aliphatic rings. The Morgan fingerprint density at radius 1 is 1.47 bits per heavy atom. The van der Waals surface area contributed by atoms with Crippen molar-refractivity contribution < 1.29 is 8.42 Å². The van der Waals surface area contributed by atoms with Crippen LogP contribution in [0.3, 0.4) is 0 Å². The molecule has 19 heavy (non-hydrogen) atoms. The van der Waals surface area contributed by atoms with Crippen LogP contribution in [0.15, 0.2) is 24.3 Å². The van der Waals surface area contributed by atoms with E-state index in [1.807, 2.05) is 18.2 Å². The number of halogens is 1. The van der Waals surface area contributed by atoms with Crippen molar-refractivity contribution in [2.75, 3.05) is 25.4 Å². The molecule has 0 aromatic heterocycles. The molecule has 3 nitrogen and oxygen atoms in total. The molecule has 1 aromatic rings. The fraction of sp³-hybridized carbons (Fsp3) is 0.571. The summed E-state index contributed by atoms with van der Waals surface area (Å²) in [5.41, 5.74) is 1.20. The molecule has 0 amide bonds. The monoisotopic (exact) mass is 301 g/mol. The highest BCUT2D eigenvalue weighted by Gasteiger charge is 2.29. The topological polar surface area (TPSA) is 37.4 Å². The third-order valence-corrected chi connectivity index (χ3v) is 6.13. The predicted molar refractivity (Wildman–Crippen MR) is 79.6 cm³/mol. The minimum Gasteiger partial charge on any atom is -0.300 e. The summed E-state index contributed by atoms with van der Waals surface area (Å²) in [4.78, 5) is 2.23. The van der Waals surface area contributed by atoms with Gasteiger partial charge in [-0.1, -0.05) is 30.7 Å². The first kappa shape index (κ1) is 14.8. The summed E-state index contributed by atoms with van der Waals surface area (Å²) in [6.07, 6.45) is 0. The second kappa shape index (κ2) is 5.81. The Kier molecular flexibility index (Phi) is 4.54. The summed E-state index contributed by atoms with van der Waals surface area (Å²) >= 11 is 6.00. The zero-order chi connectivity index (χ0) is 14.0. The highest BCUT2D eigenvalue weighted by Crippen LogP contribution is 2.22. The lowest BCUT2D eigenvalue weighted by molar-refractivity contribution is 0.265. The molecule has 1 heterocycles. The van der Waals surface area contributed by atoms with Crippen LogP contribution in [0.4, 0.5) is 0 Å². The zero-order valence-electron chi connectivity index (χ0n) is 11.3. The first-order valence-corrected chi connectivity index (χ1v) is 8.67. The lowest BCUT2D eigenvalue weighted by atomic mass is 10.0. The summed E-state index contributed by atoms with van der Waals surface area (Å²) in [5.74, 6) is 0.628. The van der Waals surface area contributed by atoms with E-state index in [0.717, 1.165) is 11.6 Å². The molecule has 1 saturated heterocycles. The van der Waals surface area contributed by atoms with E-state index in [0.29, 0.717) is 19.0 Å². The zero-order valence-corrected chi connectivity index (χ0v) is 12.9. The number of rotatable bonds is 3. The Morgan fingerprint density at radius 2 is 2.21 bits per heavy atom. The van der Waals surface area contributed by atoms with Crippen molar-refractivity contribution in [3.63, 3.8) is 0 Å². The molecular formula is C14H20ClNO2S. The summed E-state index contributed by atoms with van der Waals surface area (Å²) < 4.78 is 23.4. The Labute approximate surface area is 120 Å². The highest BCUT2D eigenvalue weighted by atomic mass is 35.5. The first-order chi connectivity index (χ1) is 8.88. The molecule has 1 fully saturated rings. The van der Waals surface area contributed by atoms with Crippen molar-refractivity contribution in [2.24, 2.45) is 0 Å². The van der Waals surface area contributed by atoms with Crippen LogP contribution in [-0.4, -0.2) is 44.0 Å². The molecule has 0 bridgehead atoms. The molecule has 1 aliphatic heterocycles. The smallest absolute Gasteiger partial charge is 0.155 e. The molecule has 2 atom stereocenters. The van der Waals surface area contributed by atoms with Gasteiger partial charge in [-0.2, -0.15) is 0 Å². The van der Waals surface area contributed by atoms with E-state index in [-0.39, 0.29) is 11.0 Å². The van der Waals surface area contributed by atoms with Gasteiger partial charge in [-0.25, -0.2) is 8.42 Å². The number of benzene rings is 1. The Morgan fingerprint density at radius 3 is 2.84 bits per heavy atom. The van der Waals surface area contributed by atoms with Gasteiger partial charge in [-0.05, 0) is 30.5 Å². The van der Waals surface area contributed by atoms with Gasteiger partial charge in [0.25, 0.3) is 0 Å². The van der Waals surface area contributed by atoms with Crippen LogP contribution in [0, 0.1) is 0 Å². The van der Waals surface area contributed by atoms with Crippen LogP contribution in [0.5, 0.6) is 0 Å². The van der Waals surface area contributed by atoms with E-state index in [4.69, 9.17) is 11.6 Å². The summed E-state index contributed by atoms with van der Waals surface area (Å²) in [6.45, 7) is 6.09. The molecule has 106 valence electrons.